The molecule has 0 fully saturated rings. The van der Waals surface area contributed by atoms with E-state index in [1.165, 1.54) is 12.4 Å². The summed E-state index contributed by atoms with van der Waals surface area (Å²) >= 11 is 0. The quantitative estimate of drug-likeness (QED) is 0.318. The van der Waals surface area contributed by atoms with Gasteiger partial charge in [-0.25, -0.2) is 0 Å². The number of aromatic nitrogens is 1. The summed E-state index contributed by atoms with van der Waals surface area (Å²) in [4.78, 5) is 37.8. The number of carbonyl (C=O) groups is 3. The molecule has 1 unspecified atom stereocenters. The van der Waals surface area contributed by atoms with Crippen molar-refractivity contribution in [2.45, 2.75) is 13.3 Å². The number of ketones is 1. The third kappa shape index (κ3) is 3.48. The average Bonchev–Trinajstić information content (AvgIpc) is 2.36. The number of nitrogens with zero attached hydrogens (tertiary/aromatic N) is 1. The van der Waals surface area contributed by atoms with Crippen molar-refractivity contribution < 1.29 is 19.1 Å². The molecule has 0 bridgehead atoms. The average molecular weight is 235 g/mol. The third-order valence-corrected chi connectivity index (χ3v) is 2.17. The maximum absolute atomic E-state index is 12.0. The predicted octanol–water partition coefficient (Wildman–Crippen LogP) is 1.03. The molecule has 1 rings (SSSR count). The molecular weight excluding hydrogens is 222 g/mol. The lowest BCUT2D eigenvalue weighted by Crippen LogP contribution is -2.26. The number of ether oxygens (including phenoxy) is 1. The number of Topliss-reactive ketones (excluding diaryl/α,β-unsaturated/α-hetero) is 1. The second-order valence-corrected chi connectivity index (χ2v) is 3.31. The van der Waals surface area contributed by atoms with Gasteiger partial charge in [-0.2, -0.15) is 0 Å². The highest BCUT2D eigenvalue weighted by atomic mass is 16.5. The first kappa shape index (κ1) is 13.0. The van der Waals surface area contributed by atoms with Crippen LogP contribution in [-0.4, -0.2) is 29.6 Å². The molecule has 1 aromatic heterocycles. The normalized spacial score (nSPS) is 11.6. The molecule has 1 aromatic rings. The van der Waals surface area contributed by atoms with Crippen LogP contribution < -0.4 is 0 Å². The Kier molecular flexibility index (Phi) is 5.00. The Hall–Kier alpha value is -2.04. The van der Waals surface area contributed by atoms with Gasteiger partial charge in [-0.15, -0.1) is 0 Å². The molecule has 0 saturated carbocycles. The minimum atomic E-state index is -1.07. The van der Waals surface area contributed by atoms with E-state index in [2.05, 4.69) is 4.98 Å². The molecule has 1 heterocycles. The molecule has 0 saturated heterocycles. The van der Waals surface area contributed by atoms with E-state index in [1.54, 1.807) is 19.1 Å². The van der Waals surface area contributed by atoms with Gasteiger partial charge in [0.05, 0.1) is 6.61 Å². The first-order valence-electron chi connectivity index (χ1n) is 5.25. The van der Waals surface area contributed by atoms with Crippen molar-refractivity contribution in [1.29, 1.82) is 0 Å². The van der Waals surface area contributed by atoms with Crippen LogP contribution in [0.15, 0.2) is 24.5 Å². The molecule has 0 aromatic carbocycles. The van der Waals surface area contributed by atoms with Crippen LogP contribution >= 0.6 is 0 Å². The SMILES string of the molecule is CCOC(=O)C(CC=O)C(=O)c1cccnc1. The van der Waals surface area contributed by atoms with Gasteiger partial charge in [-0.3, -0.25) is 14.6 Å². The topological polar surface area (TPSA) is 73.3 Å². The molecule has 0 spiro atoms. The molecule has 0 amide bonds. The molecule has 0 aliphatic rings. The fraction of sp³-hybridized carbons (Fsp3) is 0.333. The van der Waals surface area contributed by atoms with Gasteiger partial charge in [-0.1, -0.05) is 0 Å². The van der Waals surface area contributed by atoms with Gasteiger partial charge in [-0.05, 0) is 19.1 Å². The molecule has 17 heavy (non-hydrogen) atoms. The minimum Gasteiger partial charge on any atom is -0.465 e. The summed E-state index contributed by atoms with van der Waals surface area (Å²) in [6.07, 6.45) is 3.25. The van der Waals surface area contributed by atoms with E-state index in [0.29, 0.717) is 11.8 Å². The Labute approximate surface area is 98.8 Å². The molecule has 0 N–H and O–H groups in total. The van der Waals surface area contributed by atoms with Gasteiger partial charge < -0.3 is 9.53 Å². The van der Waals surface area contributed by atoms with Gasteiger partial charge in [0.2, 0.25) is 0 Å². The molecule has 1 atom stereocenters. The lowest BCUT2D eigenvalue weighted by molar-refractivity contribution is -0.147. The summed E-state index contributed by atoms with van der Waals surface area (Å²) in [5.41, 5.74) is 0.299. The Bertz CT molecular complexity index is 402. The van der Waals surface area contributed by atoms with E-state index in [4.69, 9.17) is 4.74 Å². The second-order valence-electron chi connectivity index (χ2n) is 3.31. The monoisotopic (exact) mass is 235 g/mol. The Morgan fingerprint density at radius 3 is 2.82 bits per heavy atom. The molecule has 5 heteroatoms. The summed E-state index contributed by atoms with van der Waals surface area (Å²) < 4.78 is 4.76. The van der Waals surface area contributed by atoms with Crippen LogP contribution in [0.5, 0.6) is 0 Å². The van der Waals surface area contributed by atoms with E-state index in [0.717, 1.165) is 0 Å². The van der Waals surface area contributed by atoms with Crippen LogP contribution in [0.3, 0.4) is 0 Å². The van der Waals surface area contributed by atoms with Gasteiger partial charge in [0.15, 0.2) is 5.78 Å². The highest BCUT2D eigenvalue weighted by Crippen LogP contribution is 2.12. The summed E-state index contributed by atoms with van der Waals surface area (Å²) in [6.45, 7) is 1.82. The van der Waals surface area contributed by atoms with Crippen molar-refractivity contribution in [3.8, 4) is 0 Å². The largest absolute Gasteiger partial charge is 0.465 e. The number of hydrogen-bond donors (Lipinski definition) is 0. The molecule has 0 aliphatic heterocycles. The Morgan fingerprint density at radius 2 is 2.29 bits per heavy atom. The van der Waals surface area contributed by atoms with Crippen molar-refractivity contribution in [3.05, 3.63) is 30.1 Å². The van der Waals surface area contributed by atoms with E-state index >= 15 is 0 Å². The maximum atomic E-state index is 12.0. The third-order valence-electron chi connectivity index (χ3n) is 2.17. The summed E-state index contributed by atoms with van der Waals surface area (Å²) in [6, 6.07) is 3.14. The first-order valence-corrected chi connectivity index (χ1v) is 5.25. The van der Waals surface area contributed by atoms with E-state index in [9.17, 15) is 14.4 Å². The van der Waals surface area contributed by atoms with Gasteiger partial charge in [0.1, 0.15) is 12.2 Å². The van der Waals surface area contributed by atoms with Crippen LogP contribution in [0.2, 0.25) is 0 Å². The predicted molar refractivity (Wildman–Crippen MR) is 59.4 cm³/mol. The number of hydrogen-bond acceptors (Lipinski definition) is 5. The van der Waals surface area contributed by atoms with E-state index in [-0.39, 0.29) is 13.0 Å². The Morgan fingerprint density at radius 1 is 1.53 bits per heavy atom. The van der Waals surface area contributed by atoms with Crippen LogP contribution in [0.1, 0.15) is 23.7 Å². The first-order chi connectivity index (χ1) is 8.20. The fourth-order valence-electron chi connectivity index (χ4n) is 1.36. The van der Waals surface area contributed by atoms with Crippen molar-refractivity contribution in [2.75, 3.05) is 6.61 Å². The smallest absolute Gasteiger partial charge is 0.317 e. The van der Waals surface area contributed by atoms with Crippen LogP contribution in [0, 0.1) is 5.92 Å². The van der Waals surface area contributed by atoms with Gasteiger partial charge in [0.25, 0.3) is 0 Å². The maximum Gasteiger partial charge on any atom is 0.317 e. The van der Waals surface area contributed by atoms with Gasteiger partial charge in [0, 0.05) is 24.4 Å². The summed E-state index contributed by atoms with van der Waals surface area (Å²) in [5, 5.41) is 0. The van der Waals surface area contributed by atoms with Gasteiger partial charge >= 0.3 is 5.97 Å². The minimum absolute atomic E-state index is 0.174. The number of esters is 1. The number of pyridine rings is 1. The summed E-state index contributed by atoms with van der Waals surface area (Å²) in [5.74, 6) is -2.19. The van der Waals surface area contributed by atoms with Crippen molar-refractivity contribution in [3.63, 3.8) is 0 Å². The molecule has 5 nitrogen and oxygen atoms in total. The highest BCUT2D eigenvalue weighted by Gasteiger charge is 2.28. The Balaban J connectivity index is 2.87. The molecule has 0 radical (unpaired) electrons. The molecule has 90 valence electrons. The second kappa shape index (κ2) is 6.52. The summed E-state index contributed by atoms with van der Waals surface area (Å²) in [7, 11) is 0. The lowest BCUT2D eigenvalue weighted by atomic mass is 9.96. The lowest BCUT2D eigenvalue weighted by Gasteiger charge is -2.11. The fourth-order valence-corrected chi connectivity index (χ4v) is 1.36. The van der Waals surface area contributed by atoms with Crippen molar-refractivity contribution in [1.82, 2.24) is 4.98 Å². The zero-order valence-electron chi connectivity index (χ0n) is 9.46. The molecule has 0 aliphatic carbocycles. The zero-order chi connectivity index (χ0) is 12.7. The van der Waals surface area contributed by atoms with Crippen LogP contribution in [0.25, 0.3) is 0 Å². The van der Waals surface area contributed by atoms with Crippen LogP contribution in [-0.2, 0) is 14.3 Å². The zero-order valence-corrected chi connectivity index (χ0v) is 9.46. The standard InChI is InChI=1S/C12H13NO4/c1-2-17-12(16)10(5-7-14)11(15)9-4-3-6-13-8-9/h3-4,6-8,10H,2,5H2,1H3. The number of rotatable bonds is 6. The number of carbonyl (C=O) groups excluding carboxylic acids is 3. The van der Waals surface area contributed by atoms with E-state index in [1.807, 2.05) is 0 Å². The highest BCUT2D eigenvalue weighted by molar-refractivity contribution is 6.09. The van der Waals surface area contributed by atoms with Crippen LogP contribution in [0.4, 0.5) is 0 Å². The van der Waals surface area contributed by atoms with E-state index < -0.39 is 17.7 Å². The molecular formula is C12H13NO4. The number of aldehydes is 1. The van der Waals surface area contributed by atoms with Crippen molar-refractivity contribution in [2.24, 2.45) is 5.92 Å². The van der Waals surface area contributed by atoms with Crippen molar-refractivity contribution >= 4 is 18.0 Å².